The van der Waals surface area contributed by atoms with Gasteiger partial charge in [0.25, 0.3) is 5.91 Å². The molecule has 0 bridgehead atoms. The van der Waals surface area contributed by atoms with Crippen molar-refractivity contribution in [2.24, 2.45) is 0 Å². The van der Waals surface area contributed by atoms with Crippen LogP contribution in [0, 0.1) is 0 Å². The molecule has 0 spiro atoms. The maximum atomic E-state index is 12.1. The van der Waals surface area contributed by atoms with Crippen LogP contribution >= 0.6 is 35.0 Å². The number of aromatic nitrogens is 1. The van der Waals surface area contributed by atoms with Gasteiger partial charge in [0.1, 0.15) is 10.8 Å². The molecule has 2 heterocycles. The van der Waals surface area contributed by atoms with Crippen molar-refractivity contribution >= 4 is 40.9 Å². The molecule has 1 aliphatic heterocycles. The van der Waals surface area contributed by atoms with Crippen molar-refractivity contribution in [3.63, 3.8) is 0 Å². The molecule has 1 saturated heterocycles. The van der Waals surface area contributed by atoms with Gasteiger partial charge in [-0.15, -0.1) is 0 Å². The van der Waals surface area contributed by atoms with Crippen LogP contribution in [0.3, 0.4) is 0 Å². The molecule has 0 unspecified atom stereocenters. The first-order valence-electron chi connectivity index (χ1n) is 4.87. The third-order valence-corrected chi connectivity index (χ3v) is 3.77. The van der Waals surface area contributed by atoms with Crippen molar-refractivity contribution in [3.8, 4) is 0 Å². The molecular weight excluding hydrogens is 267 g/mol. The van der Waals surface area contributed by atoms with Gasteiger partial charge in [-0.2, -0.15) is 11.8 Å². The Labute approximate surface area is 108 Å². The van der Waals surface area contributed by atoms with Crippen molar-refractivity contribution < 1.29 is 4.79 Å². The fourth-order valence-corrected chi connectivity index (χ4v) is 2.72. The topological polar surface area (TPSA) is 33.2 Å². The van der Waals surface area contributed by atoms with E-state index in [-0.39, 0.29) is 11.6 Å². The van der Waals surface area contributed by atoms with Crippen LogP contribution < -0.4 is 0 Å². The molecule has 1 amide bonds. The highest BCUT2D eigenvalue weighted by Gasteiger charge is 2.21. The summed E-state index contributed by atoms with van der Waals surface area (Å²) in [4.78, 5) is 17.8. The van der Waals surface area contributed by atoms with Crippen LogP contribution in [0.15, 0.2) is 12.1 Å². The van der Waals surface area contributed by atoms with E-state index in [0.29, 0.717) is 10.2 Å². The van der Waals surface area contributed by atoms with E-state index in [0.717, 1.165) is 24.6 Å². The highest BCUT2D eigenvalue weighted by molar-refractivity contribution is 7.99. The molecule has 2 rings (SSSR count). The Hall–Kier alpha value is -0.450. The first-order chi connectivity index (χ1) is 7.68. The maximum Gasteiger partial charge on any atom is 0.274 e. The summed E-state index contributed by atoms with van der Waals surface area (Å²) in [5.41, 5.74) is 0.251. The molecular formula is C10H10Cl2N2OS. The second-order valence-corrected chi connectivity index (χ2v) is 5.39. The Balaban J connectivity index is 2.22. The molecule has 1 fully saturated rings. The molecule has 1 aromatic heterocycles. The number of thioether (sulfide) groups is 1. The highest BCUT2D eigenvalue weighted by Crippen LogP contribution is 2.20. The summed E-state index contributed by atoms with van der Waals surface area (Å²) < 4.78 is 0. The smallest absolute Gasteiger partial charge is 0.274 e. The lowest BCUT2D eigenvalue weighted by molar-refractivity contribution is 0.0766. The predicted octanol–water partition coefficient (Wildman–Crippen LogP) is 2.58. The number of hydrogen-bond donors (Lipinski definition) is 0. The zero-order valence-corrected chi connectivity index (χ0v) is 10.8. The van der Waals surface area contributed by atoms with E-state index in [1.54, 1.807) is 17.0 Å². The molecule has 16 heavy (non-hydrogen) atoms. The van der Waals surface area contributed by atoms with Gasteiger partial charge in [-0.25, -0.2) is 4.98 Å². The Morgan fingerprint density at radius 3 is 2.69 bits per heavy atom. The fourth-order valence-electron chi connectivity index (χ4n) is 1.48. The summed E-state index contributed by atoms with van der Waals surface area (Å²) in [6.07, 6.45) is 0. The second kappa shape index (κ2) is 5.25. The molecule has 0 radical (unpaired) electrons. The van der Waals surface area contributed by atoms with Crippen LogP contribution in [-0.2, 0) is 0 Å². The standard InChI is InChI=1S/C10H10Cl2N2OS/c11-7-1-2-8(12)13-9(7)10(15)14-3-5-16-6-4-14/h1-2H,3-6H2. The summed E-state index contributed by atoms with van der Waals surface area (Å²) in [7, 11) is 0. The van der Waals surface area contributed by atoms with Crippen molar-refractivity contribution in [1.82, 2.24) is 9.88 Å². The number of amides is 1. The van der Waals surface area contributed by atoms with Crippen molar-refractivity contribution in [1.29, 1.82) is 0 Å². The van der Waals surface area contributed by atoms with E-state index in [4.69, 9.17) is 23.2 Å². The highest BCUT2D eigenvalue weighted by atomic mass is 35.5. The second-order valence-electron chi connectivity index (χ2n) is 3.37. The Morgan fingerprint density at radius 2 is 2.00 bits per heavy atom. The Bertz CT molecular complexity index is 408. The number of carbonyl (C=O) groups is 1. The van der Waals surface area contributed by atoms with Gasteiger partial charge in [-0.3, -0.25) is 4.79 Å². The first kappa shape index (κ1) is 12.0. The molecule has 0 N–H and O–H groups in total. The molecule has 0 saturated carbocycles. The average molecular weight is 277 g/mol. The molecule has 1 aromatic rings. The lowest BCUT2D eigenvalue weighted by Gasteiger charge is -2.26. The van der Waals surface area contributed by atoms with Gasteiger partial charge >= 0.3 is 0 Å². The predicted molar refractivity (Wildman–Crippen MR) is 67.5 cm³/mol. The summed E-state index contributed by atoms with van der Waals surface area (Å²) in [6.45, 7) is 1.49. The van der Waals surface area contributed by atoms with Gasteiger partial charge in [-0.1, -0.05) is 23.2 Å². The maximum absolute atomic E-state index is 12.1. The summed E-state index contributed by atoms with van der Waals surface area (Å²) in [5, 5.41) is 0.645. The number of halogens is 2. The van der Waals surface area contributed by atoms with Gasteiger partial charge in [0.15, 0.2) is 0 Å². The van der Waals surface area contributed by atoms with Gasteiger partial charge in [-0.05, 0) is 12.1 Å². The summed E-state index contributed by atoms with van der Waals surface area (Å²) >= 11 is 13.5. The lowest BCUT2D eigenvalue weighted by Crippen LogP contribution is -2.38. The molecule has 3 nitrogen and oxygen atoms in total. The Morgan fingerprint density at radius 1 is 1.31 bits per heavy atom. The van der Waals surface area contributed by atoms with Crippen LogP contribution in [-0.4, -0.2) is 40.4 Å². The van der Waals surface area contributed by atoms with E-state index in [9.17, 15) is 4.79 Å². The summed E-state index contributed by atoms with van der Waals surface area (Å²) in [6, 6.07) is 3.18. The van der Waals surface area contributed by atoms with E-state index in [1.807, 2.05) is 11.8 Å². The first-order valence-corrected chi connectivity index (χ1v) is 6.78. The molecule has 0 aromatic carbocycles. The van der Waals surface area contributed by atoms with Crippen molar-refractivity contribution in [2.75, 3.05) is 24.6 Å². The van der Waals surface area contributed by atoms with E-state index in [1.165, 1.54) is 0 Å². The fraction of sp³-hybridized carbons (Fsp3) is 0.400. The number of carbonyl (C=O) groups excluding carboxylic acids is 1. The Kier molecular flexibility index (Phi) is 3.95. The largest absolute Gasteiger partial charge is 0.336 e. The van der Waals surface area contributed by atoms with Crippen LogP contribution in [0.25, 0.3) is 0 Å². The number of pyridine rings is 1. The van der Waals surface area contributed by atoms with Gasteiger partial charge in [0.2, 0.25) is 0 Å². The number of nitrogens with zero attached hydrogens (tertiary/aromatic N) is 2. The van der Waals surface area contributed by atoms with E-state index in [2.05, 4.69) is 4.98 Å². The lowest BCUT2D eigenvalue weighted by atomic mass is 10.3. The average Bonchev–Trinajstić information content (AvgIpc) is 2.32. The molecule has 0 aliphatic carbocycles. The van der Waals surface area contributed by atoms with Crippen LogP contribution in [0.1, 0.15) is 10.5 Å². The minimum atomic E-state index is -0.132. The number of rotatable bonds is 1. The van der Waals surface area contributed by atoms with Crippen LogP contribution in [0.4, 0.5) is 0 Å². The molecule has 1 aliphatic rings. The van der Waals surface area contributed by atoms with Gasteiger partial charge < -0.3 is 4.90 Å². The van der Waals surface area contributed by atoms with Crippen molar-refractivity contribution in [3.05, 3.63) is 28.0 Å². The molecule has 6 heteroatoms. The minimum Gasteiger partial charge on any atom is -0.336 e. The quantitative estimate of drug-likeness (QED) is 0.740. The molecule has 86 valence electrons. The monoisotopic (exact) mass is 276 g/mol. The van der Waals surface area contributed by atoms with Gasteiger partial charge in [0.05, 0.1) is 5.02 Å². The number of hydrogen-bond acceptors (Lipinski definition) is 3. The third kappa shape index (κ3) is 2.62. The SMILES string of the molecule is O=C(c1nc(Cl)ccc1Cl)N1CCSCC1. The van der Waals surface area contributed by atoms with Crippen LogP contribution in [0.5, 0.6) is 0 Å². The normalized spacial score (nSPS) is 16.2. The van der Waals surface area contributed by atoms with E-state index >= 15 is 0 Å². The summed E-state index contributed by atoms with van der Waals surface area (Å²) in [5.74, 6) is 1.79. The zero-order chi connectivity index (χ0) is 11.5. The van der Waals surface area contributed by atoms with Crippen molar-refractivity contribution in [2.45, 2.75) is 0 Å². The third-order valence-electron chi connectivity index (χ3n) is 2.31. The molecule has 0 atom stereocenters. The van der Waals surface area contributed by atoms with E-state index < -0.39 is 0 Å². The zero-order valence-electron chi connectivity index (χ0n) is 8.45. The van der Waals surface area contributed by atoms with Crippen LogP contribution in [0.2, 0.25) is 10.2 Å². The van der Waals surface area contributed by atoms with Gasteiger partial charge in [0, 0.05) is 24.6 Å². The minimum absolute atomic E-state index is 0.132.